The van der Waals surface area contributed by atoms with Crippen LogP contribution in [0.5, 0.6) is 0 Å². The van der Waals surface area contributed by atoms with Gasteiger partial charge in [-0.2, -0.15) is 10.5 Å². The summed E-state index contributed by atoms with van der Waals surface area (Å²) in [5.41, 5.74) is 1.61. The van der Waals surface area contributed by atoms with E-state index in [9.17, 15) is 5.26 Å². The second-order valence-electron chi connectivity index (χ2n) is 8.31. The Hall–Kier alpha value is -2.62. The molecular weight excluding hydrogens is 330 g/mol. The summed E-state index contributed by atoms with van der Waals surface area (Å²) in [5.74, 6) is 0. The maximum absolute atomic E-state index is 10.7. The Kier molecular flexibility index (Phi) is 4.50. The summed E-state index contributed by atoms with van der Waals surface area (Å²) >= 11 is 0. The van der Waals surface area contributed by atoms with Crippen LogP contribution in [0.2, 0.25) is 0 Å². The number of nitriles is 2. The smallest absolute Gasteiger partial charge is 0.118 e. The van der Waals surface area contributed by atoms with Crippen molar-refractivity contribution in [3.63, 3.8) is 0 Å². The van der Waals surface area contributed by atoms with Gasteiger partial charge in [-0.3, -0.25) is 0 Å². The highest BCUT2D eigenvalue weighted by Gasteiger charge is 2.66. The molecule has 3 heteroatoms. The van der Waals surface area contributed by atoms with Crippen molar-refractivity contribution in [2.24, 2.45) is 5.41 Å². The molecule has 2 aliphatic rings. The van der Waals surface area contributed by atoms with Crippen molar-refractivity contribution in [3.05, 3.63) is 71.8 Å². The molecule has 0 amide bonds. The molecule has 0 radical (unpaired) electrons. The lowest BCUT2D eigenvalue weighted by Crippen LogP contribution is -2.46. The van der Waals surface area contributed by atoms with Crippen LogP contribution in [-0.2, 0) is 5.41 Å². The number of unbranched alkanes of at least 4 members (excludes halogenated alkanes) is 1. The standard InChI is InChI=1S/C24H26N3/c25-15-7-8-16-27-17-13-23(20-27,14-18-27)24(19-26,21-9-3-1-4-10-21)22-11-5-2-6-12-22/h1-6,9-12H,7-8,13-14,16-18,20H2/q+1. The van der Waals surface area contributed by atoms with Crippen LogP contribution in [0.4, 0.5) is 0 Å². The fourth-order valence-corrected chi connectivity index (χ4v) is 5.79. The summed E-state index contributed by atoms with van der Waals surface area (Å²) in [7, 11) is 0. The molecule has 2 heterocycles. The fraction of sp³-hybridized carbons (Fsp3) is 0.417. The summed E-state index contributed by atoms with van der Waals surface area (Å²) in [5, 5.41) is 19.6. The van der Waals surface area contributed by atoms with Crippen LogP contribution < -0.4 is 0 Å². The Balaban J connectivity index is 1.80. The first-order chi connectivity index (χ1) is 13.2. The molecule has 3 nitrogen and oxygen atoms in total. The Morgan fingerprint density at radius 3 is 1.93 bits per heavy atom. The highest BCUT2D eigenvalue weighted by molar-refractivity contribution is 5.49. The van der Waals surface area contributed by atoms with Crippen molar-refractivity contribution < 1.29 is 4.48 Å². The normalized spacial score (nSPS) is 26.4. The number of fused-ring (bicyclic) bond motifs is 2. The molecule has 27 heavy (non-hydrogen) atoms. The molecular formula is C24H26N3+. The maximum Gasteiger partial charge on any atom is 0.118 e. The molecule has 2 fully saturated rings. The predicted molar refractivity (Wildman–Crippen MR) is 106 cm³/mol. The molecule has 4 rings (SSSR count). The minimum Gasteiger partial charge on any atom is -0.323 e. The van der Waals surface area contributed by atoms with E-state index < -0.39 is 5.41 Å². The molecule has 2 aliphatic heterocycles. The van der Waals surface area contributed by atoms with E-state index in [-0.39, 0.29) is 5.41 Å². The minimum atomic E-state index is -0.610. The zero-order chi connectivity index (χ0) is 18.8. The van der Waals surface area contributed by atoms with Crippen molar-refractivity contribution in [3.8, 4) is 12.1 Å². The molecule has 0 unspecified atom stereocenters. The van der Waals surface area contributed by atoms with Gasteiger partial charge in [-0.1, -0.05) is 60.7 Å². The lowest BCUT2D eigenvalue weighted by Gasteiger charge is -2.41. The second kappa shape index (κ2) is 6.84. The van der Waals surface area contributed by atoms with Gasteiger partial charge in [0.15, 0.2) is 0 Å². The number of hydrogen-bond acceptors (Lipinski definition) is 2. The molecule has 0 atom stereocenters. The highest BCUT2D eigenvalue weighted by atomic mass is 15.4. The molecule has 0 spiro atoms. The molecule has 2 aromatic carbocycles. The molecule has 0 aliphatic carbocycles. The molecule has 0 aromatic heterocycles. The quantitative estimate of drug-likeness (QED) is 0.568. The summed E-state index contributed by atoms with van der Waals surface area (Å²) in [6.45, 7) is 4.39. The van der Waals surface area contributed by atoms with E-state index in [1.165, 1.54) is 0 Å². The lowest BCUT2D eigenvalue weighted by molar-refractivity contribution is -0.909. The van der Waals surface area contributed by atoms with Crippen LogP contribution in [0, 0.1) is 28.1 Å². The molecule has 2 aromatic rings. The fourth-order valence-electron chi connectivity index (χ4n) is 5.79. The van der Waals surface area contributed by atoms with Gasteiger partial charge in [-0.15, -0.1) is 0 Å². The van der Waals surface area contributed by atoms with Crippen LogP contribution in [0.25, 0.3) is 0 Å². The first-order valence-corrected chi connectivity index (χ1v) is 9.95. The van der Waals surface area contributed by atoms with E-state index in [1.807, 2.05) is 12.1 Å². The van der Waals surface area contributed by atoms with Gasteiger partial charge >= 0.3 is 0 Å². The third kappa shape index (κ3) is 2.66. The van der Waals surface area contributed by atoms with Gasteiger partial charge in [-0.25, -0.2) is 0 Å². The second-order valence-corrected chi connectivity index (χ2v) is 8.31. The van der Waals surface area contributed by atoms with Gasteiger partial charge in [0.25, 0.3) is 0 Å². The maximum atomic E-state index is 10.7. The summed E-state index contributed by atoms with van der Waals surface area (Å²) < 4.78 is 1.09. The number of hydrogen-bond donors (Lipinski definition) is 0. The number of rotatable bonds is 6. The van der Waals surface area contributed by atoms with E-state index in [1.54, 1.807) is 0 Å². The minimum absolute atomic E-state index is 0.0307. The Morgan fingerprint density at radius 2 is 1.44 bits per heavy atom. The number of benzene rings is 2. The average molecular weight is 356 g/mol. The summed E-state index contributed by atoms with van der Waals surface area (Å²) in [6, 6.07) is 25.9. The first kappa shape index (κ1) is 17.8. The lowest BCUT2D eigenvalue weighted by atomic mass is 9.56. The number of nitrogens with zero attached hydrogens (tertiary/aromatic N) is 3. The van der Waals surface area contributed by atoms with Crippen LogP contribution in [-0.4, -0.2) is 30.7 Å². The zero-order valence-electron chi connectivity index (χ0n) is 15.8. The molecule has 2 saturated heterocycles. The predicted octanol–water partition coefficient (Wildman–Crippen LogP) is 4.41. The van der Waals surface area contributed by atoms with Crippen LogP contribution in [0.3, 0.4) is 0 Å². The van der Waals surface area contributed by atoms with Crippen LogP contribution in [0.15, 0.2) is 60.7 Å². The van der Waals surface area contributed by atoms with Crippen LogP contribution >= 0.6 is 0 Å². The van der Waals surface area contributed by atoms with E-state index >= 15 is 0 Å². The van der Waals surface area contributed by atoms with E-state index in [0.717, 1.165) is 61.1 Å². The highest BCUT2D eigenvalue weighted by Crippen LogP contribution is 2.59. The summed E-state index contributed by atoms with van der Waals surface area (Å²) in [6.07, 6.45) is 3.75. The largest absolute Gasteiger partial charge is 0.323 e. The molecule has 0 saturated carbocycles. The van der Waals surface area contributed by atoms with Gasteiger partial charge in [-0.05, 0) is 11.1 Å². The molecule has 2 bridgehead atoms. The number of piperidine rings is 1. The van der Waals surface area contributed by atoms with Crippen molar-refractivity contribution in [2.75, 3.05) is 26.2 Å². The average Bonchev–Trinajstić information content (AvgIpc) is 3.28. The van der Waals surface area contributed by atoms with E-state index in [2.05, 4.69) is 60.7 Å². The van der Waals surface area contributed by atoms with E-state index in [4.69, 9.17) is 5.26 Å². The Morgan fingerprint density at radius 1 is 0.889 bits per heavy atom. The van der Waals surface area contributed by atoms with E-state index in [0.29, 0.717) is 6.42 Å². The molecule has 136 valence electrons. The summed E-state index contributed by atoms with van der Waals surface area (Å²) in [4.78, 5) is 0. The first-order valence-electron chi connectivity index (χ1n) is 9.95. The monoisotopic (exact) mass is 356 g/mol. The van der Waals surface area contributed by atoms with Crippen molar-refractivity contribution >= 4 is 0 Å². The third-order valence-corrected chi connectivity index (χ3v) is 7.07. The van der Waals surface area contributed by atoms with Gasteiger partial charge < -0.3 is 4.48 Å². The van der Waals surface area contributed by atoms with Crippen molar-refractivity contribution in [1.29, 1.82) is 10.5 Å². The van der Waals surface area contributed by atoms with Crippen molar-refractivity contribution in [1.82, 2.24) is 0 Å². The topological polar surface area (TPSA) is 47.6 Å². The Labute approximate surface area is 162 Å². The zero-order valence-corrected chi connectivity index (χ0v) is 15.8. The van der Waals surface area contributed by atoms with Crippen molar-refractivity contribution in [2.45, 2.75) is 31.1 Å². The SMILES string of the molecule is N#CCCC[N+]12CCC(C(C#N)(c3ccccc3)c3ccccc3)(CC1)C2. The Bertz CT molecular complexity index is 826. The van der Waals surface area contributed by atoms with Gasteiger partial charge in [0, 0.05) is 25.7 Å². The van der Waals surface area contributed by atoms with Gasteiger partial charge in [0.05, 0.1) is 43.7 Å². The van der Waals surface area contributed by atoms with Crippen LogP contribution in [0.1, 0.15) is 36.8 Å². The molecule has 0 N–H and O–H groups in total. The third-order valence-electron chi connectivity index (χ3n) is 7.07. The van der Waals surface area contributed by atoms with Gasteiger partial charge in [0.1, 0.15) is 5.41 Å². The number of quaternary nitrogens is 1. The van der Waals surface area contributed by atoms with Gasteiger partial charge in [0.2, 0.25) is 0 Å².